The fourth-order valence-corrected chi connectivity index (χ4v) is 1.49. The van der Waals surface area contributed by atoms with Crippen LogP contribution in [0, 0.1) is 0 Å². The van der Waals surface area contributed by atoms with E-state index in [0.717, 1.165) is 5.57 Å². The lowest BCUT2D eigenvalue weighted by Gasteiger charge is -2.27. The maximum Gasteiger partial charge on any atom is 0.410 e. The largest absolute Gasteiger partial charge is 0.444 e. The molecule has 1 aliphatic heterocycles. The van der Waals surface area contributed by atoms with E-state index in [-0.39, 0.29) is 12.7 Å². The Labute approximate surface area is 102 Å². The zero-order chi connectivity index (χ0) is 13.1. The van der Waals surface area contributed by atoms with Gasteiger partial charge in [-0.25, -0.2) is 4.79 Å². The number of ether oxygens (including phenoxy) is 2. The van der Waals surface area contributed by atoms with Crippen LogP contribution >= 0.6 is 0 Å². The van der Waals surface area contributed by atoms with E-state index in [4.69, 9.17) is 14.6 Å². The van der Waals surface area contributed by atoms with E-state index in [9.17, 15) is 4.79 Å². The fourth-order valence-electron chi connectivity index (χ4n) is 1.49. The van der Waals surface area contributed by atoms with Crippen molar-refractivity contribution in [2.45, 2.75) is 32.5 Å². The molecule has 0 aromatic carbocycles. The molecule has 5 heteroatoms. The molecule has 5 nitrogen and oxygen atoms in total. The van der Waals surface area contributed by atoms with E-state index in [1.807, 2.05) is 20.8 Å². The highest BCUT2D eigenvalue weighted by Crippen LogP contribution is 2.14. The van der Waals surface area contributed by atoms with Gasteiger partial charge in [0, 0.05) is 6.54 Å². The van der Waals surface area contributed by atoms with E-state index < -0.39 is 11.7 Å². The maximum absolute atomic E-state index is 11.9. The van der Waals surface area contributed by atoms with Gasteiger partial charge in [0.15, 0.2) is 0 Å². The molecular formula is C12H21NO4. The molecule has 0 unspecified atom stereocenters. The summed E-state index contributed by atoms with van der Waals surface area (Å²) in [7, 11) is 0. The lowest BCUT2D eigenvalue weighted by atomic mass is 10.2. The number of aliphatic hydroxyl groups is 1. The van der Waals surface area contributed by atoms with Crippen molar-refractivity contribution < 1.29 is 19.4 Å². The number of hydrogen-bond acceptors (Lipinski definition) is 4. The highest BCUT2D eigenvalue weighted by molar-refractivity contribution is 5.68. The van der Waals surface area contributed by atoms with Gasteiger partial charge >= 0.3 is 6.09 Å². The van der Waals surface area contributed by atoms with E-state index in [1.165, 1.54) is 4.90 Å². The van der Waals surface area contributed by atoms with Crippen molar-refractivity contribution in [1.29, 1.82) is 0 Å². The number of rotatable bonds is 1. The first-order valence-corrected chi connectivity index (χ1v) is 5.69. The summed E-state index contributed by atoms with van der Waals surface area (Å²) in [6.07, 6.45) is -0.774. The molecule has 17 heavy (non-hydrogen) atoms. The Morgan fingerprint density at radius 2 is 2.29 bits per heavy atom. The van der Waals surface area contributed by atoms with Gasteiger partial charge < -0.3 is 19.5 Å². The second-order valence-corrected chi connectivity index (χ2v) is 5.23. The molecule has 1 N–H and O–H groups in total. The van der Waals surface area contributed by atoms with Gasteiger partial charge in [0.1, 0.15) is 5.60 Å². The summed E-state index contributed by atoms with van der Waals surface area (Å²) < 4.78 is 10.7. The van der Waals surface area contributed by atoms with Gasteiger partial charge in [-0.1, -0.05) is 6.58 Å². The van der Waals surface area contributed by atoms with Crippen LogP contribution in [0.25, 0.3) is 0 Å². The third-order valence-electron chi connectivity index (χ3n) is 2.22. The van der Waals surface area contributed by atoms with Gasteiger partial charge in [0.25, 0.3) is 0 Å². The Kier molecular flexibility index (Phi) is 4.54. The van der Waals surface area contributed by atoms with Crippen molar-refractivity contribution in [3.8, 4) is 0 Å². The number of amides is 1. The first-order chi connectivity index (χ1) is 7.81. The quantitative estimate of drug-likeness (QED) is 0.702. The Hall–Kier alpha value is -1.07. The van der Waals surface area contributed by atoms with Gasteiger partial charge in [-0.15, -0.1) is 0 Å². The van der Waals surface area contributed by atoms with Gasteiger partial charge in [-0.2, -0.15) is 0 Å². The Balaban J connectivity index is 2.66. The molecule has 1 fully saturated rings. The van der Waals surface area contributed by atoms with Crippen molar-refractivity contribution in [3.05, 3.63) is 12.2 Å². The molecule has 0 bridgehead atoms. The predicted octanol–water partition coefficient (Wildman–Crippen LogP) is 1.17. The maximum atomic E-state index is 11.9. The zero-order valence-corrected chi connectivity index (χ0v) is 10.7. The summed E-state index contributed by atoms with van der Waals surface area (Å²) in [6.45, 7) is 10.2. The van der Waals surface area contributed by atoms with Crippen LogP contribution in [-0.2, 0) is 9.47 Å². The van der Waals surface area contributed by atoms with Crippen LogP contribution < -0.4 is 0 Å². The minimum Gasteiger partial charge on any atom is -0.444 e. The monoisotopic (exact) mass is 243 g/mol. The van der Waals surface area contributed by atoms with E-state index in [2.05, 4.69) is 6.58 Å². The van der Waals surface area contributed by atoms with Gasteiger partial charge in [0.2, 0.25) is 0 Å². The smallest absolute Gasteiger partial charge is 0.410 e. The molecule has 1 atom stereocenters. The summed E-state index contributed by atoms with van der Waals surface area (Å²) in [5.41, 5.74) is 0.270. The SMILES string of the molecule is C=C1CO[C@H](CO)CN(C(=O)OC(C)(C)C)C1. The second kappa shape index (κ2) is 5.51. The van der Waals surface area contributed by atoms with Gasteiger partial charge in [-0.3, -0.25) is 0 Å². The first-order valence-electron chi connectivity index (χ1n) is 5.69. The average Bonchev–Trinajstić information content (AvgIpc) is 2.37. The average molecular weight is 243 g/mol. The first kappa shape index (κ1) is 14.0. The van der Waals surface area contributed by atoms with E-state index in [1.54, 1.807) is 0 Å². The van der Waals surface area contributed by atoms with Crippen molar-refractivity contribution in [2.75, 3.05) is 26.3 Å². The number of carbonyl (C=O) groups excluding carboxylic acids is 1. The zero-order valence-electron chi connectivity index (χ0n) is 10.7. The summed E-state index contributed by atoms with van der Waals surface area (Å²) in [5.74, 6) is 0. The molecule has 98 valence electrons. The standard InChI is InChI=1S/C12H21NO4/c1-9-5-13(6-10(7-14)16-8-9)11(15)17-12(2,3)4/h10,14H,1,5-8H2,2-4H3/t10-/m0/s1. The highest BCUT2D eigenvalue weighted by atomic mass is 16.6. The van der Waals surface area contributed by atoms with Gasteiger partial charge in [-0.05, 0) is 26.3 Å². The van der Waals surface area contributed by atoms with Crippen LogP contribution in [0.5, 0.6) is 0 Å². The summed E-state index contributed by atoms with van der Waals surface area (Å²) in [5, 5.41) is 9.10. The molecule has 1 saturated heterocycles. The molecule has 1 rings (SSSR count). The van der Waals surface area contributed by atoms with E-state index in [0.29, 0.717) is 19.7 Å². The number of carbonyl (C=O) groups is 1. The van der Waals surface area contributed by atoms with Crippen molar-refractivity contribution >= 4 is 6.09 Å². The molecule has 0 aromatic heterocycles. The molecule has 0 aromatic rings. The second-order valence-electron chi connectivity index (χ2n) is 5.23. The number of aliphatic hydroxyl groups excluding tert-OH is 1. The Bertz CT molecular complexity index is 295. The molecule has 1 amide bonds. The third-order valence-corrected chi connectivity index (χ3v) is 2.22. The molecule has 0 spiro atoms. The van der Waals surface area contributed by atoms with Crippen molar-refractivity contribution in [2.24, 2.45) is 0 Å². The van der Waals surface area contributed by atoms with Crippen molar-refractivity contribution in [3.63, 3.8) is 0 Å². The van der Waals surface area contributed by atoms with Crippen LogP contribution in [0.4, 0.5) is 4.79 Å². The van der Waals surface area contributed by atoms with Crippen LogP contribution in [-0.4, -0.2) is 54.1 Å². The summed E-state index contributed by atoms with van der Waals surface area (Å²) in [4.78, 5) is 13.4. The number of hydrogen-bond donors (Lipinski definition) is 1. The van der Waals surface area contributed by atoms with Crippen LogP contribution in [0.1, 0.15) is 20.8 Å². The Morgan fingerprint density at radius 1 is 1.65 bits per heavy atom. The summed E-state index contributed by atoms with van der Waals surface area (Å²) in [6, 6.07) is 0. The van der Waals surface area contributed by atoms with Crippen LogP contribution in [0.3, 0.4) is 0 Å². The van der Waals surface area contributed by atoms with Gasteiger partial charge in [0.05, 0.1) is 25.9 Å². The van der Waals surface area contributed by atoms with Crippen LogP contribution in [0.15, 0.2) is 12.2 Å². The molecular weight excluding hydrogens is 222 g/mol. The highest BCUT2D eigenvalue weighted by Gasteiger charge is 2.27. The molecule has 0 aliphatic carbocycles. The molecule has 1 aliphatic rings. The minimum atomic E-state index is -0.527. The minimum absolute atomic E-state index is 0.118. The Morgan fingerprint density at radius 3 is 2.82 bits per heavy atom. The normalized spacial score (nSPS) is 22.2. The molecule has 0 saturated carbocycles. The lowest BCUT2D eigenvalue weighted by molar-refractivity contribution is 0.000230. The third kappa shape index (κ3) is 4.75. The topological polar surface area (TPSA) is 59.0 Å². The number of nitrogens with zero attached hydrogens (tertiary/aromatic N) is 1. The van der Waals surface area contributed by atoms with Crippen LogP contribution in [0.2, 0.25) is 0 Å². The summed E-state index contributed by atoms with van der Waals surface area (Å²) >= 11 is 0. The van der Waals surface area contributed by atoms with E-state index >= 15 is 0 Å². The lowest BCUT2D eigenvalue weighted by Crippen LogP contribution is -2.41. The molecule has 0 radical (unpaired) electrons. The van der Waals surface area contributed by atoms with Crippen molar-refractivity contribution in [1.82, 2.24) is 4.90 Å². The molecule has 1 heterocycles. The predicted molar refractivity (Wildman–Crippen MR) is 63.8 cm³/mol. The fraction of sp³-hybridized carbons (Fsp3) is 0.750.